The molecule has 0 N–H and O–H groups in total. The summed E-state index contributed by atoms with van der Waals surface area (Å²) in [5.74, 6) is 0. The highest BCUT2D eigenvalue weighted by molar-refractivity contribution is 8.15. The topological polar surface area (TPSA) is 34.1 Å². The van der Waals surface area contributed by atoms with Crippen LogP contribution in [0.2, 0.25) is 0 Å². The maximum atomic E-state index is 13.1. The third kappa shape index (κ3) is 5.81. The van der Waals surface area contributed by atoms with Crippen molar-refractivity contribution in [3.05, 3.63) is 107 Å². The second-order valence-electron chi connectivity index (χ2n) is 8.28. The Balaban J connectivity index is 1.59. The predicted molar refractivity (Wildman–Crippen MR) is 145 cm³/mol. The Morgan fingerprint density at radius 2 is 1.00 bits per heavy atom. The Bertz CT molecular complexity index is 1190. The Hall–Kier alpha value is -2.82. The lowest BCUT2D eigenvalue weighted by Gasteiger charge is -2.11. The first-order valence-electron chi connectivity index (χ1n) is 11.7. The van der Waals surface area contributed by atoms with Crippen LogP contribution in [0.15, 0.2) is 94.7 Å². The molecule has 172 valence electrons. The smallest absolute Gasteiger partial charge is 0.224 e. The van der Waals surface area contributed by atoms with Crippen molar-refractivity contribution in [3.63, 3.8) is 0 Å². The Labute approximate surface area is 210 Å². The van der Waals surface area contributed by atoms with Crippen molar-refractivity contribution in [1.82, 2.24) is 0 Å². The second-order valence-corrected chi connectivity index (χ2v) is 10.3. The van der Waals surface area contributed by atoms with E-state index < -0.39 is 0 Å². The fourth-order valence-electron chi connectivity index (χ4n) is 3.95. The Kier molecular flexibility index (Phi) is 8.25. The van der Waals surface area contributed by atoms with E-state index >= 15 is 0 Å². The first-order chi connectivity index (χ1) is 16.6. The van der Waals surface area contributed by atoms with Crippen LogP contribution in [0.5, 0.6) is 0 Å². The average molecular weight is 485 g/mol. The molecule has 34 heavy (non-hydrogen) atoms. The van der Waals surface area contributed by atoms with Gasteiger partial charge in [-0.1, -0.05) is 99.5 Å². The van der Waals surface area contributed by atoms with Crippen molar-refractivity contribution < 1.29 is 9.59 Å². The van der Waals surface area contributed by atoms with Crippen LogP contribution >= 0.6 is 23.5 Å². The molecule has 0 aromatic heterocycles. The molecule has 0 amide bonds. The lowest BCUT2D eigenvalue weighted by atomic mass is 10.1. The van der Waals surface area contributed by atoms with E-state index in [2.05, 4.69) is 13.8 Å². The molecule has 4 rings (SSSR count). The molecule has 4 aromatic rings. The highest BCUT2D eigenvalue weighted by Crippen LogP contribution is 2.38. The molecule has 0 aliphatic heterocycles. The second kappa shape index (κ2) is 11.5. The van der Waals surface area contributed by atoms with Gasteiger partial charge in [-0.25, -0.2) is 0 Å². The summed E-state index contributed by atoms with van der Waals surface area (Å²) >= 11 is 2.45. The van der Waals surface area contributed by atoms with Gasteiger partial charge >= 0.3 is 0 Å². The Morgan fingerprint density at radius 1 is 0.588 bits per heavy atom. The van der Waals surface area contributed by atoms with Gasteiger partial charge in [0.05, 0.1) is 0 Å². The lowest BCUT2D eigenvalue weighted by Crippen LogP contribution is -1.96. The fourth-order valence-corrected chi connectivity index (χ4v) is 5.88. The zero-order valence-electron chi connectivity index (χ0n) is 19.5. The SMILES string of the molecule is CCCc1ccc(C(=O)Sc2cccc3cccc(SC(=O)c4ccc(CCC)cc4)c23)cc1. The van der Waals surface area contributed by atoms with Crippen molar-refractivity contribution in [2.45, 2.75) is 49.3 Å². The van der Waals surface area contributed by atoms with Gasteiger partial charge in [0.2, 0.25) is 10.2 Å². The predicted octanol–water partition coefficient (Wildman–Crippen LogP) is 8.61. The zero-order chi connectivity index (χ0) is 23.9. The van der Waals surface area contributed by atoms with Gasteiger partial charge in [-0.3, -0.25) is 9.59 Å². The molecule has 0 heterocycles. The molecule has 0 bridgehead atoms. The van der Waals surface area contributed by atoms with Gasteiger partial charge in [-0.15, -0.1) is 0 Å². The number of hydrogen-bond donors (Lipinski definition) is 0. The van der Waals surface area contributed by atoms with Gasteiger partial charge in [0, 0.05) is 26.3 Å². The number of benzene rings is 4. The minimum Gasteiger partial charge on any atom is -0.281 e. The van der Waals surface area contributed by atoms with E-state index in [-0.39, 0.29) is 10.2 Å². The van der Waals surface area contributed by atoms with Gasteiger partial charge in [-0.2, -0.15) is 0 Å². The van der Waals surface area contributed by atoms with E-state index in [1.54, 1.807) is 0 Å². The summed E-state index contributed by atoms with van der Waals surface area (Å²) in [7, 11) is 0. The number of rotatable bonds is 8. The summed E-state index contributed by atoms with van der Waals surface area (Å²) in [6.45, 7) is 4.30. The van der Waals surface area contributed by atoms with Gasteiger partial charge in [0.25, 0.3) is 0 Å². The maximum Gasteiger partial charge on any atom is 0.224 e. The molecule has 0 aliphatic carbocycles. The summed E-state index contributed by atoms with van der Waals surface area (Å²) in [6, 6.07) is 27.7. The van der Waals surface area contributed by atoms with Gasteiger partial charge < -0.3 is 0 Å². The fraction of sp³-hybridized carbons (Fsp3) is 0.200. The Morgan fingerprint density at radius 3 is 1.38 bits per heavy atom. The number of hydrogen-bond acceptors (Lipinski definition) is 4. The van der Waals surface area contributed by atoms with Crippen LogP contribution in [0.3, 0.4) is 0 Å². The lowest BCUT2D eigenvalue weighted by molar-refractivity contribution is 0.108. The first kappa shape index (κ1) is 24.3. The van der Waals surface area contributed by atoms with E-state index in [4.69, 9.17) is 0 Å². The maximum absolute atomic E-state index is 13.1. The minimum absolute atomic E-state index is 0.00758. The van der Waals surface area contributed by atoms with E-state index in [0.29, 0.717) is 11.1 Å². The molecule has 0 unspecified atom stereocenters. The van der Waals surface area contributed by atoms with Crippen molar-refractivity contribution in [3.8, 4) is 0 Å². The molecule has 4 aromatic carbocycles. The van der Waals surface area contributed by atoms with Crippen LogP contribution in [0.25, 0.3) is 10.8 Å². The molecular formula is C30H28O2S2. The van der Waals surface area contributed by atoms with Crippen LogP contribution in [-0.4, -0.2) is 10.2 Å². The minimum atomic E-state index is 0.00758. The number of carbonyl (C=O) groups excluding carboxylic acids is 2. The standard InChI is InChI=1S/C30H28O2S2/c1-3-7-21-13-17-24(18-14-21)29(31)33-26-11-5-9-23-10-6-12-27(28(23)26)34-30(32)25-19-15-22(8-4-2)16-20-25/h5-6,9-20H,3-4,7-8H2,1-2H3. The van der Waals surface area contributed by atoms with E-state index in [0.717, 1.165) is 46.2 Å². The van der Waals surface area contributed by atoms with Crippen molar-refractivity contribution >= 4 is 44.5 Å². The van der Waals surface area contributed by atoms with Gasteiger partial charge in [0.1, 0.15) is 0 Å². The molecule has 4 heteroatoms. The monoisotopic (exact) mass is 484 g/mol. The highest BCUT2D eigenvalue weighted by Gasteiger charge is 2.16. The quantitative estimate of drug-likeness (QED) is 0.234. The average Bonchev–Trinajstić information content (AvgIpc) is 2.85. The molecule has 0 saturated carbocycles. The molecule has 0 atom stereocenters. The first-order valence-corrected chi connectivity index (χ1v) is 13.4. The summed E-state index contributed by atoms with van der Waals surface area (Å²) in [4.78, 5) is 27.9. The molecule has 2 nitrogen and oxygen atoms in total. The summed E-state index contributed by atoms with van der Waals surface area (Å²) in [5.41, 5.74) is 3.87. The van der Waals surface area contributed by atoms with Crippen LogP contribution in [-0.2, 0) is 12.8 Å². The van der Waals surface area contributed by atoms with Crippen LogP contribution in [0.1, 0.15) is 58.5 Å². The van der Waals surface area contributed by atoms with Gasteiger partial charge in [-0.05, 0) is 65.0 Å². The number of carbonyl (C=O) groups is 2. The summed E-state index contributed by atoms with van der Waals surface area (Å²) < 4.78 is 0. The number of aryl methyl sites for hydroxylation is 2. The van der Waals surface area contributed by atoms with E-state index in [9.17, 15) is 9.59 Å². The molecule has 0 saturated heterocycles. The molecule has 0 radical (unpaired) electrons. The van der Waals surface area contributed by atoms with Crippen LogP contribution in [0.4, 0.5) is 0 Å². The van der Waals surface area contributed by atoms with Crippen molar-refractivity contribution in [1.29, 1.82) is 0 Å². The molecular weight excluding hydrogens is 456 g/mol. The third-order valence-electron chi connectivity index (χ3n) is 5.69. The third-order valence-corrected chi connectivity index (χ3v) is 7.65. The van der Waals surface area contributed by atoms with Gasteiger partial charge in [0.15, 0.2) is 0 Å². The highest BCUT2D eigenvalue weighted by atomic mass is 32.2. The van der Waals surface area contributed by atoms with Crippen LogP contribution in [0, 0.1) is 0 Å². The van der Waals surface area contributed by atoms with Crippen molar-refractivity contribution in [2.24, 2.45) is 0 Å². The normalized spacial score (nSPS) is 11.0. The number of thioether (sulfide) groups is 2. The molecule has 0 spiro atoms. The largest absolute Gasteiger partial charge is 0.281 e. The summed E-state index contributed by atoms with van der Waals surface area (Å²) in [5, 5.41) is 1.99. The summed E-state index contributed by atoms with van der Waals surface area (Å²) in [6.07, 6.45) is 4.20. The van der Waals surface area contributed by atoms with E-state index in [1.807, 2.05) is 84.9 Å². The molecule has 0 fully saturated rings. The molecule has 0 aliphatic rings. The van der Waals surface area contributed by atoms with Crippen LogP contribution < -0.4 is 0 Å². The van der Waals surface area contributed by atoms with E-state index in [1.165, 1.54) is 34.7 Å². The number of fused-ring (bicyclic) bond motifs is 1. The zero-order valence-corrected chi connectivity index (χ0v) is 21.2. The van der Waals surface area contributed by atoms with Crippen molar-refractivity contribution in [2.75, 3.05) is 0 Å².